The second kappa shape index (κ2) is 6.34. The molecule has 1 aromatic heterocycles. The molecular formula is C21H15ClN2. The van der Waals surface area contributed by atoms with Gasteiger partial charge < -0.3 is 0 Å². The molecule has 0 atom stereocenters. The van der Waals surface area contributed by atoms with Gasteiger partial charge >= 0.3 is 0 Å². The lowest BCUT2D eigenvalue weighted by atomic mass is 10.2. The summed E-state index contributed by atoms with van der Waals surface area (Å²) in [5, 5.41) is 0.693. The maximum atomic E-state index is 6.13. The van der Waals surface area contributed by atoms with E-state index in [-0.39, 0.29) is 0 Å². The van der Waals surface area contributed by atoms with Crippen LogP contribution in [0.25, 0.3) is 28.9 Å². The van der Waals surface area contributed by atoms with E-state index in [0.717, 1.165) is 28.1 Å². The van der Waals surface area contributed by atoms with Gasteiger partial charge in [-0.25, -0.2) is 4.98 Å². The molecule has 0 N–H and O–H groups in total. The fourth-order valence-corrected chi connectivity index (χ4v) is 2.93. The lowest BCUT2D eigenvalue weighted by molar-refractivity contribution is 1.07. The van der Waals surface area contributed by atoms with Crippen molar-refractivity contribution in [2.24, 2.45) is 0 Å². The number of fused-ring (bicyclic) bond motifs is 1. The van der Waals surface area contributed by atoms with Gasteiger partial charge in [-0.05, 0) is 42.0 Å². The zero-order valence-corrected chi connectivity index (χ0v) is 13.7. The van der Waals surface area contributed by atoms with Crippen molar-refractivity contribution in [1.82, 2.24) is 9.55 Å². The maximum absolute atomic E-state index is 6.13. The van der Waals surface area contributed by atoms with E-state index in [4.69, 9.17) is 16.6 Å². The summed E-state index contributed by atoms with van der Waals surface area (Å²) in [6, 6.07) is 26.3. The molecule has 0 unspecified atom stereocenters. The Labute approximate surface area is 145 Å². The van der Waals surface area contributed by atoms with Crippen LogP contribution >= 0.6 is 11.6 Å². The molecule has 4 rings (SSSR count). The molecule has 0 bridgehead atoms. The van der Waals surface area contributed by atoms with E-state index in [1.165, 1.54) is 0 Å². The molecule has 3 aromatic carbocycles. The number of hydrogen-bond acceptors (Lipinski definition) is 1. The molecule has 0 aliphatic carbocycles. The van der Waals surface area contributed by atoms with E-state index in [2.05, 4.69) is 34.9 Å². The molecule has 2 nitrogen and oxygen atoms in total. The summed E-state index contributed by atoms with van der Waals surface area (Å²) in [7, 11) is 0. The van der Waals surface area contributed by atoms with Crippen LogP contribution in [0, 0.1) is 0 Å². The smallest absolute Gasteiger partial charge is 0.138 e. The van der Waals surface area contributed by atoms with Crippen molar-refractivity contribution in [3.63, 3.8) is 0 Å². The molecule has 24 heavy (non-hydrogen) atoms. The molecular weight excluding hydrogens is 316 g/mol. The molecule has 4 aromatic rings. The average molecular weight is 331 g/mol. The van der Waals surface area contributed by atoms with E-state index < -0.39 is 0 Å². The molecule has 0 amide bonds. The fourth-order valence-electron chi connectivity index (χ4n) is 2.77. The van der Waals surface area contributed by atoms with Crippen LogP contribution in [-0.4, -0.2) is 9.55 Å². The molecule has 1 heterocycles. The van der Waals surface area contributed by atoms with Crippen molar-refractivity contribution in [3.8, 4) is 5.69 Å². The van der Waals surface area contributed by atoms with E-state index in [1.807, 2.05) is 60.7 Å². The highest BCUT2D eigenvalue weighted by molar-refractivity contribution is 6.31. The summed E-state index contributed by atoms with van der Waals surface area (Å²) >= 11 is 6.13. The largest absolute Gasteiger partial charge is 0.293 e. The van der Waals surface area contributed by atoms with Crippen LogP contribution < -0.4 is 0 Å². The molecule has 0 spiro atoms. The Bertz CT molecular complexity index is 1000. The van der Waals surface area contributed by atoms with Crippen LogP contribution in [0.15, 0.2) is 78.9 Å². The molecule has 0 saturated carbocycles. The number of rotatable bonds is 3. The highest BCUT2D eigenvalue weighted by atomic mass is 35.5. The number of hydrogen-bond donors (Lipinski definition) is 0. The third kappa shape index (κ3) is 2.84. The van der Waals surface area contributed by atoms with Gasteiger partial charge in [-0.1, -0.05) is 66.2 Å². The second-order valence-electron chi connectivity index (χ2n) is 5.52. The minimum absolute atomic E-state index is 0.693. The minimum atomic E-state index is 0.693. The van der Waals surface area contributed by atoms with Crippen LogP contribution in [0.5, 0.6) is 0 Å². The summed E-state index contributed by atoms with van der Waals surface area (Å²) in [5.74, 6) is 0.877. The van der Waals surface area contributed by atoms with Crippen LogP contribution in [-0.2, 0) is 0 Å². The lowest BCUT2D eigenvalue weighted by Gasteiger charge is -2.07. The third-order valence-corrected chi connectivity index (χ3v) is 4.12. The highest BCUT2D eigenvalue weighted by Crippen LogP contribution is 2.25. The van der Waals surface area contributed by atoms with Crippen molar-refractivity contribution in [1.29, 1.82) is 0 Å². The van der Waals surface area contributed by atoms with Crippen molar-refractivity contribution >= 4 is 34.8 Å². The van der Waals surface area contributed by atoms with Gasteiger partial charge in [0.25, 0.3) is 0 Å². The predicted molar refractivity (Wildman–Crippen MR) is 101 cm³/mol. The topological polar surface area (TPSA) is 17.8 Å². The first-order valence-electron chi connectivity index (χ1n) is 7.78. The first-order valence-corrected chi connectivity index (χ1v) is 8.16. The number of aromatic nitrogens is 2. The van der Waals surface area contributed by atoms with E-state index in [9.17, 15) is 0 Å². The Balaban J connectivity index is 1.89. The Morgan fingerprint density at radius 3 is 2.25 bits per heavy atom. The van der Waals surface area contributed by atoms with Crippen molar-refractivity contribution in [2.75, 3.05) is 0 Å². The quantitative estimate of drug-likeness (QED) is 0.460. The van der Waals surface area contributed by atoms with Crippen LogP contribution in [0.2, 0.25) is 5.02 Å². The zero-order valence-electron chi connectivity index (χ0n) is 12.9. The Hall–Kier alpha value is -2.84. The molecule has 116 valence electrons. The van der Waals surface area contributed by atoms with E-state index >= 15 is 0 Å². The van der Waals surface area contributed by atoms with Gasteiger partial charge in [0.1, 0.15) is 5.82 Å². The number of nitrogens with zero attached hydrogens (tertiary/aromatic N) is 2. The van der Waals surface area contributed by atoms with Gasteiger partial charge in [-0.15, -0.1) is 0 Å². The monoisotopic (exact) mass is 330 g/mol. The third-order valence-electron chi connectivity index (χ3n) is 3.88. The number of para-hydroxylation sites is 1. The summed E-state index contributed by atoms with van der Waals surface area (Å²) in [6.07, 6.45) is 4.11. The van der Waals surface area contributed by atoms with Crippen LogP contribution in [0.1, 0.15) is 11.4 Å². The summed E-state index contributed by atoms with van der Waals surface area (Å²) in [6.45, 7) is 0. The first-order chi connectivity index (χ1) is 11.8. The van der Waals surface area contributed by atoms with E-state index in [0.29, 0.717) is 5.02 Å². The van der Waals surface area contributed by atoms with E-state index in [1.54, 1.807) is 0 Å². The number of halogens is 1. The Morgan fingerprint density at radius 1 is 0.792 bits per heavy atom. The number of benzene rings is 3. The number of imidazole rings is 1. The molecule has 0 saturated heterocycles. The molecule has 0 aliphatic rings. The first kappa shape index (κ1) is 14.7. The molecule has 0 fully saturated rings. The fraction of sp³-hybridized carbons (Fsp3) is 0. The van der Waals surface area contributed by atoms with Crippen molar-refractivity contribution in [3.05, 3.63) is 95.3 Å². The predicted octanol–water partition coefficient (Wildman–Crippen LogP) is 5.85. The minimum Gasteiger partial charge on any atom is -0.293 e. The van der Waals surface area contributed by atoms with Gasteiger partial charge in [0.2, 0.25) is 0 Å². The van der Waals surface area contributed by atoms with Crippen LogP contribution in [0.3, 0.4) is 0 Å². The molecule has 0 radical (unpaired) electrons. The van der Waals surface area contributed by atoms with Crippen LogP contribution in [0.4, 0.5) is 0 Å². The summed E-state index contributed by atoms with van der Waals surface area (Å²) in [5.41, 5.74) is 4.15. The summed E-state index contributed by atoms with van der Waals surface area (Å²) in [4.78, 5) is 4.76. The second-order valence-corrected chi connectivity index (χ2v) is 5.95. The standard InChI is InChI=1S/C21H15ClN2/c22-17-12-13-20-19(15-17)23-21(14-11-16-7-3-1-4-8-16)24(20)18-9-5-2-6-10-18/h1-15H/b14-11+. The van der Waals surface area contributed by atoms with Gasteiger partial charge in [0.15, 0.2) is 0 Å². The molecule has 3 heteroatoms. The van der Waals surface area contributed by atoms with Gasteiger partial charge in [-0.3, -0.25) is 4.57 Å². The maximum Gasteiger partial charge on any atom is 0.138 e. The van der Waals surface area contributed by atoms with Gasteiger partial charge in [0, 0.05) is 10.7 Å². The SMILES string of the molecule is Clc1ccc2c(c1)nc(/C=C/c1ccccc1)n2-c1ccccc1. The normalized spacial score (nSPS) is 11.4. The van der Waals surface area contributed by atoms with Gasteiger partial charge in [0.05, 0.1) is 11.0 Å². The Kier molecular flexibility index (Phi) is 3.89. The zero-order chi connectivity index (χ0) is 16.4. The highest BCUT2D eigenvalue weighted by Gasteiger charge is 2.10. The van der Waals surface area contributed by atoms with Crippen molar-refractivity contribution < 1.29 is 0 Å². The summed E-state index contributed by atoms with van der Waals surface area (Å²) < 4.78 is 2.14. The van der Waals surface area contributed by atoms with Gasteiger partial charge in [-0.2, -0.15) is 0 Å². The average Bonchev–Trinajstić information content (AvgIpc) is 2.99. The van der Waals surface area contributed by atoms with Crippen molar-refractivity contribution in [2.45, 2.75) is 0 Å². The molecule has 0 aliphatic heterocycles. The lowest BCUT2D eigenvalue weighted by Crippen LogP contribution is -1.96. The Morgan fingerprint density at radius 2 is 1.50 bits per heavy atom.